The van der Waals surface area contributed by atoms with Crippen molar-refractivity contribution in [1.82, 2.24) is 20.1 Å². The summed E-state index contributed by atoms with van der Waals surface area (Å²) in [5.74, 6) is -3.84. The van der Waals surface area contributed by atoms with E-state index in [1.807, 2.05) is 0 Å². The molecular formula is C21H26N6O10S2. The summed E-state index contributed by atoms with van der Waals surface area (Å²) in [4.78, 5) is 66.9. The highest BCUT2D eigenvalue weighted by atomic mass is 32.2. The summed E-state index contributed by atoms with van der Waals surface area (Å²) < 4.78 is 19.7. The number of nitrogens with zero attached hydrogens (tertiary/aromatic N) is 4. The van der Waals surface area contributed by atoms with Gasteiger partial charge < -0.3 is 45.0 Å². The number of carbonyl (C=O) groups is 5. The minimum Gasteiger partial charge on any atom is -0.445 e. The van der Waals surface area contributed by atoms with Gasteiger partial charge >= 0.3 is 18.2 Å². The Morgan fingerprint density at radius 2 is 2.03 bits per heavy atom. The highest BCUT2D eigenvalue weighted by Crippen LogP contribution is 2.53. The summed E-state index contributed by atoms with van der Waals surface area (Å²) in [5, 5.41) is 15.0. The van der Waals surface area contributed by atoms with E-state index in [9.17, 15) is 24.0 Å². The lowest BCUT2D eigenvalue weighted by Crippen LogP contribution is -2.65. The Kier molecular flexibility index (Phi) is 9.23. The number of anilines is 1. The number of esters is 1. The van der Waals surface area contributed by atoms with Crippen molar-refractivity contribution in [2.45, 2.75) is 30.2 Å². The number of hydrogen-bond acceptors (Lipinski definition) is 15. The number of hydrogen-bond donors (Lipinski definition) is 3. The van der Waals surface area contributed by atoms with Gasteiger partial charge in [0.15, 0.2) is 15.9 Å². The van der Waals surface area contributed by atoms with Gasteiger partial charge in [-0.25, -0.2) is 14.6 Å². The van der Waals surface area contributed by atoms with E-state index in [0.717, 1.165) is 23.1 Å². The highest BCUT2D eigenvalue weighted by Gasteiger charge is 2.60. The van der Waals surface area contributed by atoms with Gasteiger partial charge in [-0.2, -0.15) is 0 Å². The van der Waals surface area contributed by atoms with E-state index in [2.05, 4.69) is 20.2 Å². The molecule has 1 fully saturated rings. The second-order valence-corrected chi connectivity index (χ2v) is 10.7. The lowest BCUT2D eigenvalue weighted by molar-refractivity contribution is -0.171. The quantitative estimate of drug-likeness (QED) is 0.0530. The number of fused-ring (bicyclic) bond motifs is 1. The molecule has 1 aromatic heterocycles. The van der Waals surface area contributed by atoms with Crippen molar-refractivity contribution < 1.29 is 48.1 Å². The van der Waals surface area contributed by atoms with E-state index in [1.165, 1.54) is 35.5 Å². The van der Waals surface area contributed by atoms with Crippen LogP contribution in [-0.2, 0) is 38.2 Å². The van der Waals surface area contributed by atoms with Crippen LogP contribution in [0.3, 0.4) is 0 Å². The van der Waals surface area contributed by atoms with Crippen molar-refractivity contribution in [1.29, 1.82) is 0 Å². The summed E-state index contributed by atoms with van der Waals surface area (Å²) in [5.41, 5.74) is 6.24. The predicted molar refractivity (Wildman–Crippen MR) is 135 cm³/mol. The Bertz CT molecular complexity index is 1200. The van der Waals surface area contributed by atoms with Crippen molar-refractivity contribution in [3.8, 4) is 0 Å². The highest BCUT2D eigenvalue weighted by molar-refractivity contribution is 8.01. The van der Waals surface area contributed by atoms with Crippen LogP contribution < -0.4 is 11.1 Å². The second-order valence-electron chi connectivity index (χ2n) is 8.46. The maximum atomic E-state index is 12.9. The van der Waals surface area contributed by atoms with Crippen molar-refractivity contribution in [3.63, 3.8) is 0 Å². The van der Waals surface area contributed by atoms with Gasteiger partial charge in [0.2, 0.25) is 12.7 Å². The molecule has 1 aromatic rings. The van der Waals surface area contributed by atoms with Crippen LogP contribution in [0, 0.1) is 5.92 Å². The number of β-lactam (4-membered cyclic amide) rings is 1. The van der Waals surface area contributed by atoms with Crippen LogP contribution in [0.4, 0.5) is 14.7 Å². The Morgan fingerprint density at radius 3 is 2.62 bits per heavy atom. The summed E-state index contributed by atoms with van der Waals surface area (Å²) in [6, 6.07) is 0. The summed E-state index contributed by atoms with van der Waals surface area (Å²) in [6.07, 6.45) is -0.284. The number of amides is 3. The predicted octanol–water partition coefficient (Wildman–Crippen LogP) is 0.630. The molecule has 0 aromatic carbocycles. The fourth-order valence-corrected chi connectivity index (χ4v) is 5.79. The molecule has 0 saturated carbocycles. The number of ether oxygens (including phenoxy) is 4. The van der Waals surface area contributed by atoms with E-state index >= 15 is 0 Å². The monoisotopic (exact) mass is 586 g/mol. The van der Waals surface area contributed by atoms with E-state index in [4.69, 9.17) is 25.2 Å². The zero-order valence-corrected chi connectivity index (χ0v) is 22.8. The molecule has 0 bridgehead atoms. The van der Waals surface area contributed by atoms with Crippen LogP contribution in [0.1, 0.15) is 19.5 Å². The summed E-state index contributed by atoms with van der Waals surface area (Å²) >= 11 is 1.98. The second kappa shape index (κ2) is 12.2. The summed E-state index contributed by atoms with van der Waals surface area (Å²) in [7, 11) is 2.94. The first-order chi connectivity index (χ1) is 18.4. The average Bonchev–Trinajstić information content (AvgIpc) is 3.29. The number of nitrogens with two attached hydrogens (primary N) is 1. The Morgan fingerprint density at radius 1 is 1.31 bits per heavy atom. The lowest BCUT2D eigenvalue weighted by atomic mass is 9.96. The molecule has 16 nitrogen and oxygen atoms in total. The van der Waals surface area contributed by atoms with Crippen molar-refractivity contribution >= 4 is 64.5 Å². The minimum atomic E-state index is -1.61. The number of nitrogen functional groups attached to an aromatic ring is 1. The molecule has 2 aliphatic heterocycles. The number of carbonyl (C=O) groups excluding carboxylic acids is 5. The Labute approximate surface area is 230 Å². The molecule has 3 heterocycles. The normalized spacial score (nSPS) is 21.9. The number of oxime groups is 1. The number of nitrogens with one attached hydrogen (secondary N) is 1. The molecule has 1 unspecified atom stereocenters. The van der Waals surface area contributed by atoms with Gasteiger partial charge in [0, 0.05) is 31.2 Å². The molecule has 1 saturated heterocycles. The largest absolute Gasteiger partial charge is 0.511 e. The van der Waals surface area contributed by atoms with Gasteiger partial charge in [0.05, 0.1) is 11.8 Å². The molecular weight excluding hydrogens is 560 g/mol. The van der Waals surface area contributed by atoms with E-state index in [1.54, 1.807) is 13.8 Å². The third-order valence-electron chi connectivity index (χ3n) is 5.16. The SMILES string of the molecule is CC(C)OC(=O)OCOC(=O)[C@@H]1C(=O)N2C=C(COC(=O)N(C)C)C(NC(=O)/C=N\O)(c3csc(N)n3)S[C@@H]12. The van der Waals surface area contributed by atoms with Gasteiger partial charge in [-0.05, 0) is 13.8 Å². The van der Waals surface area contributed by atoms with Crippen LogP contribution in [0.5, 0.6) is 0 Å². The van der Waals surface area contributed by atoms with Gasteiger partial charge in [0.1, 0.15) is 18.2 Å². The molecule has 4 N–H and O–H groups in total. The maximum absolute atomic E-state index is 12.9. The summed E-state index contributed by atoms with van der Waals surface area (Å²) in [6.45, 7) is 2.03. The fourth-order valence-electron chi connectivity index (χ4n) is 3.45. The van der Waals surface area contributed by atoms with Crippen LogP contribution >= 0.6 is 23.1 Å². The van der Waals surface area contributed by atoms with Crippen LogP contribution in [0.2, 0.25) is 0 Å². The van der Waals surface area contributed by atoms with Gasteiger partial charge in [-0.15, -0.1) is 11.3 Å². The van der Waals surface area contributed by atoms with Crippen molar-refractivity contribution in [2.75, 3.05) is 33.2 Å². The lowest BCUT2D eigenvalue weighted by Gasteiger charge is -2.51. The zero-order chi connectivity index (χ0) is 28.9. The molecule has 0 aliphatic carbocycles. The first kappa shape index (κ1) is 29.5. The molecule has 3 amide bonds. The molecule has 0 radical (unpaired) electrons. The van der Waals surface area contributed by atoms with Crippen LogP contribution in [0.25, 0.3) is 0 Å². The molecule has 3 atom stereocenters. The minimum absolute atomic E-state index is 0.146. The molecule has 18 heteroatoms. The average molecular weight is 587 g/mol. The third-order valence-corrected chi connectivity index (χ3v) is 7.50. The molecule has 2 aliphatic rings. The van der Waals surface area contributed by atoms with Gasteiger partial charge in [-0.3, -0.25) is 14.4 Å². The number of rotatable bonds is 9. The molecule has 3 rings (SSSR count). The maximum Gasteiger partial charge on any atom is 0.511 e. The van der Waals surface area contributed by atoms with Crippen LogP contribution in [-0.4, -0.2) is 95.2 Å². The topological polar surface area (TPSA) is 212 Å². The first-order valence-corrected chi connectivity index (χ1v) is 12.9. The van der Waals surface area contributed by atoms with Gasteiger partial charge in [0.25, 0.3) is 5.91 Å². The number of thiazole rings is 1. The van der Waals surface area contributed by atoms with Crippen molar-refractivity contribution in [2.24, 2.45) is 11.1 Å². The molecule has 0 spiro atoms. The fraction of sp³-hybridized carbons (Fsp3) is 0.476. The van der Waals surface area contributed by atoms with E-state index in [0.29, 0.717) is 6.21 Å². The standard InChI is InChI=1S/C21H26N6O10S2/c1-10(2)37-20(32)36-9-35-17(30)14-15(29)27-6-11(7-34-19(31)26(3)4)21(39-16(14)27,25-13(28)5-23-33)12-8-38-18(22)24-12/h5-6,8,10,14,16,33H,7,9H2,1-4H3,(H2,22,24)(H,25,28)/b23-5-/t14-,16+,21?/m1/s1. The smallest absolute Gasteiger partial charge is 0.445 e. The van der Waals surface area contributed by atoms with Crippen molar-refractivity contribution in [3.05, 3.63) is 22.8 Å². The Balaban J connectivity index is 1.92. The van der Waals surface area contributed by atoms with E-state index < -0.39 is 65.7 Å². The van der Waals surface area contributed by atoms with Crippen LogP contribution in [0.15, 0.2) is 22.3 Å². The molecule has 39 heavy (non-hydrogen) atoms. The third kappa shape index (κ3) is 6.51. The number of aromatic nitrogens is 1. The zero-order valence-electron chi connectivity index (χ0n) is 21.2. The van der Waals surface area contributed by atoms with E-state index in [-0.39, 0.29) is 16.4 Å². The molecule has 212 valence electrons. The van der Waals surface area contributed by atoms with Gasteiger partial charge in [-0.1, -0.05) is 16.9 Å². The Hall–Kier alpha value is -4.06. The first-order valence-electron chi connectivity index (χ1n) is 11.2. The number of thioether (sulfide) groups is 1.